The van der Waals surface area contributed by atoms with E-state index in [1.807, 2.05) is 19.9 Å². The standard InChI is InChI=1S/C11H17N3O2S/c1-9-6-5-7-11(10(9)2)13-17(15,16)12-8-14(3)4/h5-8,13H,1-4H3/b12-8+. The Morgan fingerprint density at radius 2 is 1.94 bits per heavy atom. The van der Waals surface area contributed by atoms with Gasteiger partial charge >= 0.3 is 10.2 Å². The molecule has 0 saturated heterocycles. The molecule has 1 aromatic rings. The molecule has 0 bridgehead atoms. The molecule has 0 radical (unpaired) electrons. The number of nitrogens with one attached hydrogen (secondary N) is 1. The maximum absolute atomic E-state index is 11.6. The lowest BCUT2D eigenvalue weighted by Crippen LogP contribution is -2.15. The van der Waals surface area contributed by atoms with Gasteiger partial charge in [-0.15, -0.1) is 4.40 Å². The first-order valence-corrected chi connectivity index (χ1v) is 6.56. The smallest absolute Gasteiger partial charge is 0.343 e. The van der Waals surface area contributed by atoms with E-state index in [9.17, 15) is 8.42 Å². The van der Waals surface area contributed by atoms with E-state index in [0.29, 0.717) is 5.69 Å². The van der Waals surface area contributed by atoms with Crippen LogP contribution in [0.5, 0.6) is 0 Å². The van der Waals surface area contributed by atoms with Gasteiger partial charge in [-0.25, -0.2) is 0 Å². The molecule has 5 nitrogen and oxygen atoms in total. The molecule has 94 valence electrons. The fourth-order valence-corrected chi connectivity index (χ4v) is 2.05. The van der Waals surface area contributed by atoms with Crippen LogP contribution >= 0.6 is 0 Å². The first kappa shape index (κ1) is 13.5. The molecule has 1 aromatic carbocycles. The van der Waals surface area contributed by atoms with Crippen LogP contribution in [0.15, 0.2) is 22.6 Å². The molecule has 0 aliphatic heterocycles. The lowest BCUT2D eigenvalue weighted by atomic mass is 10.1. The summed E-state index contributed by atoms with van der Waals surface area (Å²) in [6.07, 6.45) is 1.24. The summed E-state index contributed by atoms with van der Waals surface area (Å²) in [5.74, 6) is 0. The van der Waals surface area contributed by atoms with Crippen molar-refractivity contribution in [3.05, 3.63) is 29.3 Å². The van der Waals surface area contributed by atoms with Gasteiger partial charge in [0.15, 0.2) is 0 Å². The highest BCUT2D eigenvalue weighted by molar-refractivity contribution is 7.91. The molecule has 17 heavy (non-hydrogen) atoms. The van der Waals surface area contributed by atoms with E-state index in [1.54, 1.807) is 31.1 Å². The number of benzene rings is 1. The summed E-state index contributed by atoms with van der Waals surface area (Å²) in [4.78, 5) is 1.56. The zero-order valence-corrected chi connectivity index (χ0v) is 11.2. The molecule has 0 amide bonds. The number of aryl methyl sites for hydroxylation is 1. The Morgan fingerprint density at radius 3 is 2.53 bits per heavy atom. The van der Waals surface area contributed by atoms with Gasteiger partial charge in [0.2, 0.25) is 0 Å². The highest BCUT2D eigenvalue weighted by atomic mass is 32.2. The summed E-state index contributed by atoms with van der Waals surface area (Å²) in [5, 5.41) is 0. The van der Waals surface area contributed by atoms with Crippen molar-refractivity contribution in [2.45, 2.75) is 13.8 Å². The van der Waals surface area contributed by atoms with E-state index >= 15 is 0 Å². The third kappa shape index (κ3) is 4.07. The van der Waals surface area contributed by atoms with Crippen molar-refractivity contribution < 1.29 is 8.42 Å². The molecule has 0 unspecified atom stereocenters. The third-order valence-corrected chi connectivity index (χ3v) is 3.11. The number of rotatable bonds is 4. The Morgan fingerprint density at radius 1 is 1.29 bits per heavy atom. The van der Waals surface area contributed by atoms with Crippen molar-refractivity contribution in [3.8, 4) is 0 Å². The minimum absolute atomic E-state index is 0.556. The maximum atomic E-state index is 11.6. The number of hydrogen-bond acceptors (Lipinski definition) is 2. The van der Waals surface area contributed by atoms with Crippen molar-refractivity contribution >= 4 is 22.2 Å². The maximum Gasteiger partial charge on any atom is 0.343 e. The summed E-state index contributed by atoms with van der Waals surface area (Å²) in [7, 11) is -0.281. The van der Waals surface area contributed by atoms with Gasteiger partial charge < -0.3 is 4.90 Å². The Kier molecular flexibility index (Phi) is 4.11. The van der Waals surface area contributed by atoms with E-state index in [1.165, 1.54) is 6.34 Å². The van der Waals surface area contributed by atoms with E-state index in [0.717, 1.165) is 11.1 Å². The highest BCUT2D eigenvalue weighted by Gasteiger charge is 2.09. The summed E-state index contributed by atoms with van der Waals surface area (Å²) in [6, 6.07) is 5.44. The van der Waals surface area contributed by atoms with Crippen LogP contribution in [0.2, 0.25) is 0 Å². The molecule has 0 fully saturated rings. The Bertz CT molecular complexity index is 522. The molecule has 0 aliphatic rings. The van der Waals surface area contributed by atoms with Gasteiger partial charge in [0.1, 0.15) is 6.34 Å². The van der Waals surface area contributed by atoms with Crippen molar-refractivity contribution in [1.29, 1.82) is 0 Å². The fraction of sp³-hybridized carbons (Fsp3) is 0.364. The van der Waals surface area contributed by atoms with Crippen LogP contribution in [-0.4, -0.2) is 33.8 Å². The largest absolute Gasteiger partial charge is 0.368 e. The van der Waals surface area contributed by atoms with Gasteiger partial charge in [-0.1, -0.05) is 12.1 Å². The lowest BCUT2D eigenvalue weighted by molar-refractivity contribution is 0.599. The predicted octanol–water partition coefficient (Wildman–Crippen LogP) is 1.55. The highest BCUT2D eigenvalue weighted by Crippen LogP contribution is 2.19. The second-order valence-corrected chi connectivity index (χ2v) is 5.37. The van der Waals surface area contributed by atoms with Crippen molar-refractivity contribution in [1.82, 2.24) is 4.90 Å². The third-order valence-electron chi connectivity index (χ3n) is 2.26. The Hall–Kier alpha value is -1.56. The summed E-state index contributed by atoms with van der Waals surface area (Å²) in [6.45, 7) is 3.79. The van der Waals surface area contributed by atoms with E-state index in [2.05, 4.69) is 9.12 Å². The van der Waals surface area contributed by atoms with Gasteiger partial charge in [-0.2, -0.15) is 8.42 Å². The normalized spacial score (nSPS) is 11.8. The minimum atomic E-state index is -3.69. The molecular weight excluding hydrogens is 238 g/mol. The van der Waals surface area contributed by atoms with Crippen molar-refractivity contribution in [3.63, 3.8) is 0 Å². The molecule has 0 spiro atoms. The van der Waals surface area contributed by atoms with Gasteiger partial charge in [0.25, 0.3) is 0 Å². The van der Waals surface area contributed by atoms with Crippen LogP contribution < -0.4 is 4.72 Å². The second-order valence-electron chi connectivity index (χ2n) is 4.01. The molecule has 0 heterocycles. The molecule has 1 N–H and O–H groups in total. The molecule has 0 aliphatic carbocycles. The summed E-state index contributed by atoms with van der Waals surface area (Å²) in [5.41, 5.74) is 2.49. The monoisotopic (exact) mass is 255 g/mol. The van der Waals surface area contributed by atoms with Crippen LogP contribution in [0.1, 0.15) is 11.1 Å². The summed E-state index contributed by atoms with van der Waals surface area (Å²) >= 11 is 0. The van der Waals surface area contributed by atoms with Crippen LogP contribution in [0, 0.1) is 13.8 Å². The zero-order chi connectivity index (χ0) is 13.1. The van der Waals surface area contributed by atoms with Gasteiger partial charge in [-0.3, -0.25) is 4.72 Å². The average molecular weight is 255 g/mol. The molecule has 0 saturated carbocycles. The molecule has 1 rings (SSSR count). The molecule has 6 heteroatoms. The SMILES string of the molecule is Cc1cccc(NS(=O)(=O)/N=C/N(C)C)c1C. The summed E-state index contributed by atoms with van der Waals surface area (Å²) < 4.78 is 29.2. The Balaban J connectivity index is 2.95. The van der Waals surface area contributed by atoms with E-state index < -0.39 is 10.2 Å². The molecular formula is C11H17N3O2S. The predicted molar refractivity (Wildman–Crippen MR) is 70.6 cm³/mol. The van der Waals surface area contributed by atoms with Crippen LogP contribution in [0.25, 0.3) is 0 Å². The van der Waals surface area contributed by atoms with Crippen molar-refractivity contribution in [2.24, 2.45) is 4.40 Å². The first-order valence-electron chi connectivity index (χ1n) is 5.12. The lowest BCUT2D eigenvalue weighted by Gasteiger charge is -2.09. The quantitative estimate of drug-likeness (QED) is 0.656. The van der Waals surface area contributed by atoms with Crippen molar-refractivity contribution in [2.75, 3.05) is 18.8 Å². The zero-order valence-electron chi connectivity index (χ0n) is 10.4. The van der Waals surface area contributed by atoms with Crippen LogP contribution in [0.3, 0.4) is 0 Å². The number of nitrogens with zero attached hydrogens (tertiary/aromatic N) is 2. The topological polar surface area (TPSA) is 61.8 Å². The van der Waals surface area contributed by atoms with E-state index in [-0.39, 0.29) is 0 Å². The van der Waals surface area contributed by atoms with Gasteiger partial charge in [-0.05, 0) is 31.0 Å². The fourth-order valence-electron chi connectivity index (χ4n) is 1.18. The minimum Gasteiger partial charge on any atom is -0.368 e. The number of hydrogen-bond donors (Lipinski definition) is 1. The van der Waals surface area contributed by atoms with E-state index in [4.69, 9.17) is 0 Å². The average Bonchev–Trinajstić information content (AvgIpc) is 2.22. The second kappa shape index (κ2) is 5.18. The molecule has 0 aromatic heterocycles. The van der Waals surface area contributed by atoms with Crippen LogP contribution in [0.4, 0.5) is 5.69 Å². The first-order chi connectivity index (χ1) is 7.82. The van der Waals surface area contributed by atoms with Crippen LogP contribution in [-0.2, 0) is 10.2 Å². The van der Waals surface area contributed by atoms with Gasteiger partial charge in [0.05, 0.1) is 5.69 Å². The number of anilines is 1. The Labute approximate surface area is 102 Å². The molecule has 0 atom stereocenters. The van der Waals surface area contributed by atoms with Gasteiger partial charge in [0, 0.05) is 14.1 Å².